The third-order valence-corrected chi connectivity index (χ3v) is 5.22. The Hall–Kier alpha value is -2.59. The van der Waals surface area contributed by atoms with Gasteiger partial charge in [-0.3, -0.25) is 4.79 Å². The molecule has 0 saturated carbocycles. The van der Waals surface area contributed by atoms with Crippen molar-refractivity contribution in [1.82, 2.24) is 5.32 Å². The maximum Gasteiger partial charge on any atom is 0.255 e. The van der Waals surface area contributed by atoms with Gasteiger partial charge in [-0.05, 0) is 37.5 Å². The highest BCUT2D eigenvalue weighted by Gasteiger charge is 2.22. The first-order valence-electron chi connectivity index (χ1n) is 8.26. The van der Waals surface area contributed by atoms with Crippen LogP contribution < -0.4 is 11.1 Å². The zero-order valence-electron chi connectivity index (χ0n) is 14.7. The summed E-state index contributed by atoms with van der Waals surface area (Å²) in [6.45, 7) is 6.64. The van der Waals surface area contributed by atoms with Gasteiger partial charge in [0.2, 0.25) is 0 Å². The SMILES string of the molecule is Cc1ccc(-c2c(C)sc(N)c2C(=O)NCc2ccccc2)c(C)c1. The van der Waals surface area contributed by atoms with Crippen molar-refractivity contribution in [3.05, 3.63) is 75.7 Å². The van der Waals surface area contributed by atoms with Gasteiger partial charge in [-0.25, -0.2) is 0 Å². The number of aryl methyl sites for hydroxylation is 3. The standard InChI is InChI=1S/C21H22N2OS/c1-13-9-10-17(14(2)11-13)18-15(3)25-20(22)19(18)21(24)23-12-16-7-5-4-6-8-16/h4-11H,12,22H2,1-3H3,(H,23,24). The summed E-state index contributed by atoms with van der Waals surface area (Å²) in [6, 6.07) is 16.2. The Morgan fingerprint density at radius 1 is 1.08 bits per heavy atom. The molecular weight excluding hydrogens is 328 g/mol. The molecule has 4 heteroatoms. The van der Waals surface area contributed by atoms with E-state index in [0.29, 0.717) is 17.1 Å². The van der Waals surface area contributed by atoms with E-state index in [-0.39, 0.29) is 5.91 Å². The van der Waals surface area contributed by atoms with E-state index in [1.807, 2.05) is 37.3 Å². The van der Waals surface area contributed by atoms with Crippen LogP contribution in [0, 0.1) is 20.8 Å². The molecule has 0 bridgehead atoms. The Bertz CT molecular complexity index is 913. The molecule has 0 saturated heterocycles. The molecule has 0 aliphatic heterocycles. The molecule has 0 aliphatic rings. The van der Waals surface area contributed by atoms with E-state index < -0.39 is 0 Å². The molecule has 0 aliphatic carbocycles. The second-order valence-electron chi connectivity index (χ2n) is 6.26. The van der Waals surface area contributed by atoms with Crippen LogP contribution in [0.3, 0.4) is 0 Å². The van der Waals surface area contributed by atoms with Crippen molar-refractivity contribution in [2.75, 3.05) is 5.73 Å². The van der Waals surface area contributed by atoms with Crippen molar-refractivity contribution in [2.45, 2.75) is 27.3 Å². The van der Waals surface area contributed by atoms with Crippen LogP contribution in [0.4, 0.5) is 5.00 Å². The summed E-state index contributed by atoms with van der Waals surface area (Å²) < 4.78 is 0. The smallest absolute Gasteiger partial charge is 0.255 e. The number of rotatable bonds is 4. The number of nitrogen functional groups attached to an aromatic ring is 1. The summed E-state index contributed by atoms with van der Waals surface area (Å²) in [7, 11) is 0. The summed E-state index contributed by atoms with van der Waals surface area (Å²) in [6.07, 6.45) is 0. The molecule has 1 heterocycles. The number of benzene rings is 2. The highest BCUT2D eigenvalue weighted by Crippen LogP contribution is 2.39. The monoisotopic (exact) mass is 350 g/mol. The highest BCUT2D eigenvalue weighted by atomic mass is 32.1. The van der Waals surface area contributed by atoms with Crippen LogP contribution in [0.15, 0.2) is 48.5 Å². The Morgan fingerprint density at radius 3 is 2.48 bits per heavy atom. The van der Waals surface area contributed by atoms with Crippen LogP contribution in [0.1, 0.15) is 31.9 Å². The summed E-state index contributed by atoms with van der Waals surface area (Å²) in [5.41, 5.74) is 12.2. The van der Waals surface area contributed by atoms with Gasteiger partial charge in [0, 0.05) is 17.0 Å². The molecule has 0 fully saturated rings. The van der Waals surface area contributed by atoms with Crippen LogP contribution in [0.2, 0.25) is 0 Å². The van der Waals surface area contributed by atoms with E-state index in [0.717, 1.165) is 27.1 Å². The largest absolute Gasteiger partial charge is 0.390 e. The molecule has 0 unspecified atom stereocenters. The quantitative estimate of drug-likeness (QED) is 0.706. The zero-order valence-corrected chi connectivity index (χ0v) is 15.5. The fourth-order valence-electron chi connectivity index (χ4n) is 3.08. The molecule has 25 heavy (non-hydrogen) atoms. The number of thiophene rings is 1. The molecule has 3 rings (SSSR count). The molecule has 3 aromatic rings. The maximum atomic E-state index is 12.8. The fraction of sp³-hybridized carbons (Fsp3) is 0.190. The number of anilines is 1. The van der Waals surface area contributed by atoms with Crippen molar-refractivity contribution < 1.29 is 4.79 Å². The Kier molecular flexibility index (Phi) is 4.91. The highest BCUT2D eigenvalue weighted by molar-refractivity contribution is 7.16. The predicted octanol–water partition coefficient (Wildman–Crippen LogP) is 4.85. The first-order valence-corrected chi connectivity index (χ1v) is 9.07. The van der Waals surface area contributed by atoms with Gasteiger partial charge in [0.25, 0.3) is 5.91 Å². The second kappa shape index (κ2) is 7.11. The predicted molar refractivity (Wildman–Crippen MR) is 106 cm³/mol. The third kappa shape index (κ3) is 3.59. The van der Waals surface area contributed by atoms with Crippen LogP contribution in [-0.4, -0.2) is 5.91 Å². The summed E-state index contributed by atoms with van der Waals surface area (Å²) in [5.74, 6) is -0.124. The normalized spacial score (nSPS) is 10.7. The van der Waals surface area contributed by atoms with Gasteiger partial charge >= 0.3 is 0 Å². The number of nitrogens with one attached hydrogen (secondary N) is 1. The minimum atomic E-state index is -0.124. The van der Waals surface area contributed by atoms with Crippen molar-refractivity contribution in [3.63, 3.8) is 0 Å². The van der Waals surface area contributed by atoms with E-state index in [9.17, 15) is 4.79 Å². The molecular formula is C21H22N2OS. The van der Waals surface area contributed by atoms with Gasteiger partial charge in [-0.1, -0.05) is 54.1 Å². The number of hydrogen-bond acceptors (Lipinski definition) is 3. The van der Waals surface area contributed by atoms with Crippen LogP contribution in [-0.2, 0) is 6.54 Å². The summed E-state index contributed by atoms with van der Waals surface area (Å²) in [5, 5.41) is 3.57. The van der Waals surface area contributed by atoms with Crippen molar-refractivity contribution in [1.29, 1.82) is 0 Å². The molecule has 0 atom stereocenters. The molecule has 128 valence electrons. The lowest BCUT2D eigenvalue weighted by Crippen LogP contribution is -2.23. The van der Waals surface area contributed by atoms with Gasteiger partial charge in [0.1, 0.15) is 0 Å². The molecule has 3 nitrogen and oxygen atoms in total. The lowest BCUT2D eigenvalue weighted by Gasteiger charge is -2.11. The van der Waals surface area contributed by atoms with Crippen LogP contribution in [0.5, 0.6) is 0 Å². The Morgan fingerprint density at radius 2 is 1.80 bits per heavy atom. The molecule has 0 radical (unpaired) electrons. The lowest BCUT2D eigenvalue weighted by molar-refractivity contribution is 0.0953. The summed E-state index contributed by atoms with van der Waals surface area (Å²) >= 11 is 1.47. The van der Waals surface area contributed by atoms with E-state index in [4.69, 9.17) is 5.73 Å². The van der Waals surface area contributed by atoms with Gasteiger partial charge in [0.05, 0.1) is 10.6 Å². The second-order valence-corrected chi connectivity index (χ2v) is 7.52. The number of carbonyl (C=O) groups excluding carboxylic acids is 1. The van der Waals surface area contributed by atoms with Crippen molar-refractivity contribution in [3.8, 4) is 11.1 Å². The minimum Gasteiger partial charge on any atom is -0.390 e. The fourth-order valence-corrected chi connectivity index (χ4v) is 4.02. The minimum absolute atomic E-state index is 0.124. The van der Waals surface area contributed by atoms with Gasteiger partial charge in [0.15, 0.2) is 0 Å². The average molecular weight is 350 g/mol. The zero-order chi connectivity index (χ0) is 18.0. The maximum absolute atomic E-state index is 12.8. The number of carbonyl (C=O) groups is 1. The molecule has 1 amide bonds. The Balaban J connectivity index is 1.95. The van der Waals surface area contributed by atoms with Gasteiger partial charge in [-0.15, -0.1) is 11.3 Å². The lowest BCUT2D eigenvalue weighted by atomic mass is 9.95. The first-order chi connectivity index (χ1) is 12.0. The topological polar surface area (TPSA) is 55.1 Å². The third-order valence-electron chi connectivity index (χ3n) is 4.29. The van der Waals surface area contributed by atoms with E-state index in [1.54, 1.807) is 0 Å². The van der Waals surface area contributed by atoms with Gasteiger partial charge < -0.3 is 11.1 Å². The molecule has 2 aromatic carbocycles. The molecule has 0 spiro atoms. The first kappa shape index (κ1) is 17.2. The average Bonchev–Trinajstić information content (AvgIpc) is 2.88. The van der Waals surface area contributed by atoms with E-state index in [1.165, 1.54) is 16.9 Å². The number of hydrogen-bond donors (Lipinski definition) is 2. The summed E-state index contributed by atoms with van der Waals surface area (Å²) in [4.78, 5) is 13.9. The van der Waals surface area contributed by atoms with E-state index in [2.05, 4.69) is 37.4 Å². The van der Waals surface area contributed by atoms with Crippen molar-refractivity contribution >= 4 is 22.2 Å². The van der Waals surface area contributed by atoms with Crippen LogP contribution in [0.25, 0.3) is 11.1 Å². The van der Waals surface area contributed by atoms with E-state index >= 15 is 0 Å². The molecule has 1 aromatic heterocycles. The number of amides is 1. The van der Waals surface area contributed by atoms with Crippen molar-refractivity contribution in [2.24, 2.45) is 0 Å². The Labute approximate surface area is 152 Å². The number of nitrogens with two attached hydrogens (primary N) is 1. The van der Waals surface area contributed by atoms with Crippen LogP contribution >= 0.6 is 11.3 Å². The van der Waals surface area contributed by atoms with Gasteiger partial charge in [-0.2, -0.15) is 0 Å². The molecule has 3 N–H and O–H groups in total.